The first kappa shape index (κ1) is 29.0. The first-order valence-corrected chi connectivity index (χ1v) is 13.5. The first-order chi connectivity index (χ1) is 17.7. The molecule has 5 rings (SSSR count). The third-order valence-electron chi connectivity index (χ3n) is 5.59. The maximum absolute atomic E-state index is 8.29. The van der Waals surface area contributed by atoms with Crippen molar-refractivity contribution < 1.29 is 4.74 Å². The molecule has 0 unspecified atom stereocenters. The molecule has 5 heteroatoms. The quantitative estimate of drug-likeness (QED) is 0.377. The summed E-state index contributed by atoms with van der Waals surface area (Å²) in [7, 11) is 0. The second-order valence-corrected chi connectivity index (χ2v) is 9.61. The summed E-state index contributed by atoms with van der Waals surface area (Å²) in [6, 6.07) is 29.7. The molecule has 0 atom stereocenters. The molecule has 0 aromatic heterocycles. The molecule has 3 aromatic carbocycles. The van der Waals surface area contributed by atoms with Crippen LogP contribution in [0.3, 0.4) is 0 Å². The predicted molar refractivity (Wildman–Crippen MR) is 150 cm³/mol. The Morgan fingerprint density at radius 3 is 2.14 bits per heavy atom. The number of thioether (sulfide) groups is 1. The molecule has 1 fully saturated rings. The summed E-state index contributed by atoms with van der Waals surface area (Å²) in [5.74, 6) is 2.28. The second kappa shape index (κ2) is 18.1. The summed E-state index contributed by atoms with van der Waals surface area (Å²) in [6.07, 6.45) is 5.33. The molecule has 36 heavy (non-hydrogen) atoms. The van der Waals surface area contributed by atoms with Crippen LogP contribution in [0.4, 0.5) is 0 Å². The summed E-state index contributed by atoms with van der Waals surface area (Å²) in [4.78, 5) is 3.97. The summed E-state index contributed by atoms with van der Waals surface area (Å²) < 4.78 is 5.63. The number of nitriles is 2. The zero-order valence-electron chi connectivity index (χ0n) is 21.5. The number of para-hydroxylation sites is 1. The number of aryl methyl sites for hydroxylation is 2. The molecule has 1 saturated heterocycles. The van der Waals surface area contributed by atoms with E-state index in [0.29, 0.717) is 5.56 Å². The zero-order chi connectivity index (χ0) is 25.8. The molecule has 0 aliphatic carbocycles. The zero-order valence-corrected chi connectivity index (χ0v) is 22.3. The average molecular weight is 500 g/mol. The van der Waals surface area contributed by atoms with E-state index in [1.54, 1.807) is 23.8 Å². The van der Waals surface area contributed by atoms with E-state index in [0.717, 1.165) is 18.9 Å². The highest BCUT2D eigenvalue weighted by molar-refractivity contribution is 7.99. The van der Waals surface area contributed by atoms with Crippen LogP contribution in [0, 0.1) is 29.6 Å². The van der Waals surface area contributed by atoms with E-state index in [1.807, 2.05) is 66.4 Å². The van der Waals surface area contributed by atoms with Gasteiger partial charge in [-0.2, -0.15) is 10.5 Å². The van der Waals surface area contributed by atoms with Gasteiger partial charge in [-0.1, -0.05) is 54.1 Å². The van der Waals surface area contributed by atoms with Crippen molar-refractivity contribution in [3.05, 3.63) is 95.6 Å². The Labute approximate surface area is 221 Å². The van der Waals surface area contributed by atoms with Crippen molar-refractivity contribution >= 4 is 11.8 Å². The number of likely N-dealkylation sites (tertiary alicyclic amines) is 1. The van der Waals surface area contributed by atoms with Gasteiger partial charge in [0.15, 0.2) is 0 Å². The molecular weight excluding hydrogens is 462 g/mol. The Balaban J connectivity index is 0.000000186. The summed E-state index contributed by atoms with van der Waals surface area (Å²) in [5, 5.41) is 15.6. The first-order valence-electron chi connectivity index (χ1n) is 12.5. The average Bonchev–Trinajstić information content (AvgIpc) is 3.45. The van der Waals surface area contributed by atoms with Crippen LogP contribution in [0.15, 0.2) is 83.8 Å². The fourth-order valence-electron chi connectivity index (χ4n) is 3.78. The van der Waals surface area contributed by atoms with Gasteiger partial charge in [0, 0.05) is 18.4 Å². The molecule has 0 amide bonds. The Kier molecular flexibility index (Phi) is 14.6. The molecular formula is C31H37N3OS. The lowest BCUT2D eigenvalue weighted by atomic mass is 10.1. The van der Waals surface area contributed by atoms with Gasteiger partial charge in [0.2, 0.25) is 0 Å². The summed E-state index contributed by atoms with van der Waals surface area (Å²) in [6.45, 7) is 7.96. The minimum absolute atomic E-state index is 0.715. The number of hydrogen-bond donors (Lipinski definition) is 0. The smallest absolute Gasteiger partial charge is 0.119 e. The molecule has 0 spiro atoms. The molecule has 2 aliphatic heterocycles. The lowest BCUT2D eigenvalue weighted by Gasteiger charge is -2.14. The number of ether oxygens (including phenoxy) is 1. The van der Waals surface area contributed by atoms with Crippen LogP contribution in [0.2, 0.25) is 0 Å². The predicted octanol–water partition coefficient (Wildman–Crippen LogP) is 7.28. The van der Waals surface area contributed by atoms with Gasteiger partial charge in [0.25, 0.3) is 0 Å². The van der Waals surface area contributed by atoms with Crippen LogP contribution in [0.5, 0.6) is 5.75 Å². The van der Waals surface area contributed by atoms with Crippen LogP contribution < -0.4 is 4.74 Å². The molecule has 0 radical (unpaired) electrons. The Hall–Kier alpha value is -3.25. The Bertz CT molecular complexity index is 1070. The van der Waals surface area contributed by atoms with Crippen LogP contribution in [-0.2, 0) is 6.42 Å². The van der Waals surface area contributed by atoms with Crippen LogP contribution in [-0.4, -0.2) is 36.9 Å². The van der Waals surface area contributed by atoms with E-state index in [1.165, 1.54) is 61.9 Å². The molecule has 3 aromatic rings. The molecule has 0 saturated carbocycles. The van der Waals surface area contributed by atoms with Crippen molar-refractivity contribution in [2.75, 3.05) is 32.0 Å². The van der Waals surface area contributed by atoms with E-state index in [-0.39, 0.29) is 0 Å². The van der Waals surface area contributed by atoms with E-state index in [4.69, 9.17) is 15.3 Å². The van der Waals surface area contributed by atoms with Crippen LogP contribution in [0.25, 0.3) is 0 Å². The number of rotatable bonds is 4. The lowest BCUT2D eigenvalue weighted by molar-refractivity contribution is 0.238. The SMILES string of the molecule is CC#N.Cc1ccc2c(c1)SCCC2.N#Cc1ccccc1.c1ccc(OCCN2CCCC2)cc1. The molecule has 0 bridgehead atoms. The van der Waals surface area contributed by atoms with Gasteiger partial charge in [0.1, 0.15) is 12.4 Å². The molecule has 4 nitrogen and oxygen atoms in total. The monoisotopic (exact) mass is 499 g/mol. The van der Waals surface area contributed by atoms with E-state index in [2.05, 4.69) is 30.0 Å². The molecule has 0 N–H and O–H groups in total. The minimum Gasteiger partial charge on any atom is -0.492 e. The second-order valence-electron chi connectivity index (χ2n) is 8.47. The highest BCUT2D eigenvalue weighted by Gasteiger charge is 2.10. The third-order valence-corrected chi connectivity index (χ3v) is 6.78. The number of nitrogens with zero attached hydrogens (tertiary/aromatic N) is 3. The van der Waals surface area contributed by atoms with E-state index < -0.39 is 0 Å². The van der Waals surface area contributed by atoms with Gasteiger partial charge in [-0.25, -0.2) is 0 Å². The third kappa shape index (κ3) is 11.9. The van der Waals surface area contributed by atoms with Gasteiger partial charge in [-0.15, -0.1) is 11.8 Å². The summed E-state index contributed by atoms with van der Waals surface area (Å²) >= 11 is 2.00. The maximum Gasteiger partial charge on any atom is 0.119 e. The highest BCUT2D eigenvalue weighted by atomic mass is 32.2. The number of hydrogen-bond acceptors (Lipinski definition) is 5. The molecule has 188 valence electrons. The lowest BCUT2D eigenvalue weighted by Crippen LogP contribution is -2.25. The highest BCUT2D eigenvalue weighted by Crippen LogP contribution is 2.30. The van der Waals surface area contributed by atoms with Crippen LogP contribution in [0.1, 0.15) is 42.9 Å². The van der Waals surface area contributed by atoms with E-state index >= 15 is 0 Å². The largest absolute Gasteiger partial charge is 0.492 e. The van der Waals surface area contributed by atoms with Crippen molar-refractivity contribution in [1.29, 1.82) is 10.5 Å². The van der Waals surface area contributed by atoms with Gasteiger partial charge in [-0.3, -0.25) is 4.90 Å². The fourth-order valence-corrected chi connectivity index (χ4v) is 4.91. The van der Waals surface area contributed by atoms with Crippen molar-refractivity contribution in [3.63, 3.8) is 0 Å². The fraction of sp³-hybridized carbons (Fsp3) is 0.355. The van der Waals surface area contributed by atoms with Crippen molar-refractivity contribution in [1.82, 2.24) is 4.90 Å². The van der Waals surface area contributed by atoms with Gasteiger partial charge >= 0.3 is 0 Å². The van der Waals surface area contributed by atoms with Gasteiger partial charge < -0.3 is 4.74 Å². The Morgan fingerprint density at radius 1 is 0.889 bits per heavy atom. The Morgan fingerprint density at radius 2 is 1.53 bits per heavy atom. The van der Waals surface area contributed by atoms with Gasteiger partial charge in [-0.05, 0) is 87.3 Å². The molecule has 2 aliphatic rings. The topological polar surface area (TPSA) is 60.1 Å². The number of benzene rings is 3. The molecule has 2 heterocycles. The van der Waals surface area contributed by atoms with Crippen LogP contribution >= 0.6 is 11.8 Å². The van der Waals surface area contributed by atoms with Crippen molar-refractivity contribution in [2.45, 2.75) is 44.4 Å². The maximum atomic E-state index is 8.29. The normalized spacial score (nSPS) is 13.6. The number of fused-ring (bicyclic) bond motifs is 1. The van der Waals surface area contributed by atoms with Crippen molar-refractivity contribution in [3.8, 4) is 17.9 Å². The summed E-state index contributed by atoms with van der Waals surface area (Å²) in [5.41, 5.74) is 3.65. The van der Waals surface area contributed by atoms with Gasteiger partial charge in [0.05, 0.1) is 17.7 Å². The van der Waals surface area contributed by atoms with Crippen molar-refractivity contribution in [2.24, 2.45) is 0 Å². The standard InChI is InChI=1S/C12H17NO.C10H12S.C7H5N.C2H3N/c1-2-6-12(7-3-1)14-11-10-13-8-4-5-9-13;1-8-4-5-9-3-2-6-11-10(9)7-8;8-6-7-4-2-1-3-5-7;1-2-3/h1-3,6-7H,4-5,8-11H2;4-5,7H,2-3,6H2,1H3;1-5H;1H3. The van der Waals surface area contributed by atoms with E-state index in [9.17, 15) is 0 Å². The minimum atomic E-state index is 0.715.